The molecule has 0 spiro atoms. The number of piperazine rings is 1. The summed E-state index contributed by atoms with van der Waals surface area (Å²) in [5.41, 5.74) is 0.546. The van der Waals surface area contributed by atoms with Gasteiger partial charge in [0, 0.05) is 32.7 Å². The number of aromatic nitrogens is 2. The van der Waals surface area contributed by atoms with E-state index in [1.165, 1.54) is 12.5 Å². The zero-order valence-electron chi connectivity index (χ0n) is 15.7. The molecule has 0 aliphatic carbocycles. The topological polar surface area (TPSA) is 87.6 Å². The fraction of sp³-hybridized carbons (Fsp3) is 0.316. The molecule has 0 radical (unpaired) electrons. The second-order valence-corrected chi connectivity index (χ2v) is 6.80. The molecule has 8 nitrogen and oxygen atoms in total. The number of alkyl halides is 3. The van der Waals surface area contributed by atoms with Crippen LogP contribution in [0.3, 0.4) is 0 Å². The first kappa shape index (κ1) is 20.0. The number of carbonyl (C=O) groups excluding carboxylic acids is 1. The predicted molar refractivity (Wildman–Crippen MR) is 99.9 cm³/mol. The molecule has 11 heteroatoms. The van der Waals surface area contributed by atoms with Crippen LogP contribution >= 0.6 is 0 Å². The van der Waals surface area contributed by atoms with Gasteiger partial charge in [0.15, 0.2) is 18.5 Å². The fourth-order valence-electron chi connectivity index (χ4n) is 3.29. The van der Waals surface area contributed by atoms with Gasteiger partial charge in [0.2, 0.25) is 0 Å². The van der Waals surface area contributed by atoms with Crippen LogP contribution in [-0.2, 0) is 12.7 Å². The van der Waals surface area contributed by atoms with E-state index in [0.29, 0.717) is 38.4 Å². The number of benzene rings is 1. The van der Waals surface area contributed by atoms with Crippen LogP contribution in [0.25, 0.3) is 0 Å². The van der Waals surface area contributed by atoms with Gasteiger partial charge in [-0.1, -0.05) is 0 Å². The van der Waals surface area contributed by atoms with E-state index in [9.17, 15) is 18.0 Å². The van der Waals surface area contributed by atoms with Gasteiger partial charge >= 0.3 is 6.18 Å². The number of hydrogen-bond acceptors (Lipinski definition) is 7. The second kappa shape index (κ2) is 8.19. The highest BCUT2D eigenvalue weighted by atomic mass is 19.4. The molecule has 2 aromatic heterocycles. The smallest absolute Gasteiger partial charge is 0.416 e. The van der Waals surface area contributed by atoms with Crippen LogP contribution in [-0.4, -0.2) is 47.0 Å². The quantitative estimate of drug-likeness (QED) is 0.677. The average molecular weight is 421 g/mol. The van der Waals surface area contributed by atoms with E-state index in [2.05, 4.69) is 20.2 Å². The van der Waals surface area contributed by atoms with Gasteiger partial charge in [-0.25, -0.2) is 9.97 Å². The lowest BCUT2D eigenvalue weighted by Crippen LogP contribution is -2.46. The number of amides is 1. The van der Waals surface area contributed by atoms with E-state index in [1.807, 2.05) is 4.90 Å². The molecule has 1 saturated heterocycles. The molecule has 1 aliphatic rings. The maximum atomic E-state index is 13.2. The van der Waals surface area contributed by atoms with Gasteiger partial charge in [-0.15, -0.1) is 0 Å². The number of hydrogen-bond donors (Lipinski definition) is 1. The lowest BCUT2D eigenvalue weighted by molar-refractivity contribution is -0.137. The van der Waals surface area contributed by atoms with Crippen molar-refractivity contribution in [2.75, 3.05) is 36.4 Å². The van der Waals surface area contributed by atoms with Crippen LogP contribution in [0.4, 0.5) is 24.5 Å². The Morgan fingerprint density at radius 2 is 1.80 bits per heavy atom. The van der Waals surface area contributed by atoms with Crippen LogP contribution in [0.15, 0.2) is 52.3 Å². The van der Waals surface area contributed by atoms with Crippen molar-refractivity contribution in [1.82, 2.24) is 14.9 Å². The van der Waals surface area contributed by atoms with Gasteiger partial charge in [0.1, 0.15) is 12.5 Å². The van der Waals surface area contributed by atoms with E-state index >= 15 is 0 Å². The van der Waals surface area contributed by atoms with Crippen molar-refractivity contribution in [3.63, 3.8) is 0 Å². The molecule has 0 saturated carbocycles. The van der Waals surface area contributed by atoms with Crippen molar-refractivity contribution in [2.45, 2.75) is 12.7 Å². The maximum Gasteiger partial charge on any atom is 0.416 e. The second-order valence-electron chi connectivity index (χ2n) is 6.80. The minimum absolute atomic E-state index is 0.0178. The number of carbonyl (C=O) groups is 1. The molecule has 1 N–H and O–H groups in total. The molecule has 1 aliphatic heterocycles. The number of halogens is 3. The molecule has 158 valence electrons. The first-order valence-corrected chi connectivity index (χ1v) is 9.15. The summed E-state index contributed by atoms with van der Waals surface area (Å²) in [5.74, 6) is -0.644. The highest BCUT2D eigenvalue weighted by Crippen LogP contribution is 2.36. The summed E-state index contributed by atoms with van der Waals surface area (Å²) in [5, 5.41) is 2.53. The van der Waals surface area contributed by atoms with Gasteiger partial charge in [-0.2, -0.15) is 13.2 Å². The Hall–Kier alpha value is -3.34. The van der Waals surface area contributed by atoms with Crippen LogP contribution in [0.5, 0.6) is 0 Å². The molecule has 3 aromatic rings. The highest BCUT2D eigenvalue weighted by Gasteiger charge is 2.32. The van der Waals surface area contributed by atoms with E-state index in [1.54, 1.807) is 6.26 Å². The number of oxazole rings is 2. The standard InChI is InChI=1S/C19H18F3N5O3/c20-19(21,22)13-1-2-17(15(7-13)25-18(28)16-10-30-12-24-16)27-5-3-26(4-6-27)8-14-9-29-11-23-14/h1-2,7,9-12H,3-6,8H2,(H,25,28). The number of nitrogens with one attached hydrogen (secondary N) is 1. The van der Waals surface area contributed by atoms with Crippen molar-refractivity contribution < 1.29 is 26.8 Å². The molecule has 30 heavy (non-hydrogen) atoms. The summed E-state index contributed by atoms with van der Waals surface area (Å²) in [7, 11) is 0. The van der Waals surface area contributed by atoms with E-state index in [4.69, 9.17) is 8.83 Å². The van der Waals surface area contributed by atoms with Crippen LogP contribution in [0, 0.1) is 0 Å². The zero-order chi connectivity index (χ0) is 21.1. The normalized spacial score (nSPS) is 15.4. The molecule has 0 unspecified atom stereocenters. The molecule has 0 bridgehead atoms. The Labute approximate surface area is 169 Å². The molecular formula is C19H18F3N5O3. The monoisotopic (exact) mass is 421 g/mol. The first-order valence-electron chi connectivity index (χ1n) is 9.15. The van der Waals surface area contributed by atoms with Gasteiger partial charge in [0.05, 0.1) is 22.6 Å². The van der Waals surface area contributed by atoms with Crippen molar-refractivity contribution in [2.24, 2.45) is 0 Å². The fourth-order valence-corrected chi connectivity index (χ4v) is 3.29. The summed E-state index contributed by atoms with van der Waals surface area (Å²) >= 11 is 0. The average Bonchev–Trinajstić information content (AvgIpc) is 3.42. The molecule has 1 aromatic carbocycles. The van der Waals surface area contributed by atoms with Crippen molar-refractivity contribution in [3.8, 4) is 0 Å². The third kappa shape index (κ3) is 4.46. The Bertz CT molecular complexity index is 982. The van der Waals surface area contributed by atoms with Crippen molar-refractivity contribution in [1.29, 1.82) is 0 Å². The molecule has 0 atom stereocenters. The largest absolute Gasteiger partial charge is 0.451 e. The summed E-state index contributed by atoms with van der Waals surface area (Å²) < 4.78 is 49.4. The molecule has 1 fully saturated rings. The van der Waals surface area contributed by atoms with Gasteiger partial charge in [-0.3, -0.25) is 9.69 Å². The van der Waals surface area contributed by atoms with Gasteiger partial charge < -0.3 is 19.1 Å². The zero-order valence-corrected chi connectivity index (χ0v) is 15.7. The number of nitrogens with zero attached hydrogens (tertiary/aromatic N) is 4. The first-order chi connectivity index (χ1) is 14.4. The van der Waals surface area contributed by atoms with Crippen LogP contribution in [0.2, 0.25) is 0 Å². The molecule has 3 heterocycles. The minimum atomic E-state index is -4.53. The van der Waals surface area contributed by atoms with Gasteiger partial charge in [0.25, 0.3) is 5.91 Å². The lowest BCUT2D eigenvalue weighted by atomic mass is 10.1. The summed E-state index contributed by atoms with van der Waals surface area (Å²) in [6.07, 6.45) is 0.640. The molecule has 1 amide bonds. The van der Waals surface area contributed by atoms with E-state index < -0.39 is 17.6 Å². The van der Waals surface area contributed by atoms with Crippen molar-refractivity contribution in [3.05, 3.63) is 60.5 Å². The summed E-state index contributed by atoms with van der Waals surface area (Å²) in [6, 6.07) is 3.34. The van der Waals surface area contributed by atoms with Crippen molar-refractivity contribution >= 4 is 17.3 Å². The molecular weight excluding hydrogens is 403 g/mol. The van der Waals surface area contributed by atoms with Crippen LogP contribution in [0.1, 0.15) is 21.7 Å². The molecule has 4 rings (SSSR count). The summed E-state index contributed by atoms with van der Waals surface area (Å²) in [4.78, 5) is 24.3. The number of anilines is 2. The SMILES string of the molecule is O=C(Nc1cc(C(F)(F)F)ccc1N1CCN(Cc2cocn2)CC1)c1cocn1. The van der Waals surface area contributed by atoms with E-state index in [-0.39, 0.29) is 11.4 Å². The predicted octanol–water partition coefficient (Wildman–Crippen LogP) is 3.26. The lowest BCUT2D eigenvalue weighted by Gasteiger charge is -2.36. The Morgan fingerprint density at radius 1 is 1.07 bits per heavy atom. The third-order valence-electron chi connectivity index (χ3n) is 4.82. The Kier molecular flexibility index (Phi) is 5.44. The maximum absolute atomic E-state index is 13.2. The highest BCUT2D eigenvalue weighted by molar-refractivity contribution is 6.04. The van der Waals surface area contributed by atoms with E-state index in [0.717, 1.165) is 30.5 Å². The number of rotatable bonds is 5. The van der Waals surface area contributed by atoms with Gasteiger partial charge in [-0.05, 0) is 18.2 Å². The van der Waals surface area contributed by atoms with Crippen LogP contribution < -0.4 is 10.2 Å². The Morgan fingerprint density at radius 3 is 2.43 bits per heavy atom. The minimum Gasteiger partial charge on any atom is -0.451 e. The third-order valence-corrected chi connectivity index (χ3v) is 4.82. The Balaban J connectivity index is 1.52. The summed E-state index contributed by atoms with van der Waals surface area (Å²) in [6.45, 7) is 3.16.